The number of nitrogens with zero attached hydrogens (tertiary/aromatic N) is 7. The zero-order valence-corrected chi connectivity index (χ0v) is 22.5. The Morgan fingerprint density at radius 2 is 1.89 bits per heavy atom. The van der Waals surface area contributed by atoms with Crippen molar-refractivity contribution in [2.75, 3.05) is 36.0 Å². The van der Waals surface area contributed by atoms with Crippen LogP contribution in [0.15, 0.2) is 23.1 Å². The summed E-state index contributed by atoms with van der Waals surface area (Å²) in [4.78, 5) is 32.7. The fourth-order valence-corrected chi connectivity index (χ4v) is 5.57. The number of nitriles is 1. The molecule has 0 spiro atoms. The van der Waals surface area contributed by atoms with Gasteiger partial charge in [0.2, 0.25) is 0 Å². The monoisotopic (exact) mass is 500 g/mol. The highest BCUT2D eigenvalue weighted by Gasteiger charge is 2.29. The lowest BCUT2D eigenvalue weighted by atomic mass is 10.0. The lowest BCUT2D eigenvalue weighted by Gasteiger charge is -2.39. The highest BCUT2D eigenvalue weighted by molar-refractivity contribution is 5.91. The quantitative estimate of drug-likeness (QED) is 0.579. The average molecular weight is 501 g/mol. The maximum atomic E-state index is 13.9. The first-order valence-electron chi connectivity index (χ1n) is 13.4. The van der Waals surface area contributed by atoms with Crippen LogP contribution in [-0.2, 0) is 0 Å². The Labute approximate surface area is 218 Å². The number of rotatable bonds is 4. The van der Waals surface area contributed by atoms with Crippen molar-refractivity contribution in [3.05, 3.63) is 45.6 Å². The van der Waals surface area contributed by atoms with Crippen molar-refractivity contribution in [2.45, 2.75) is 71.9 Å². The van der Waals surface area contributed by atoms with Crippen LogP contribution >= 0.6 is 0 Å². The zero-order valence-electron chi connectivity index (χ0n) is 22.5. The van der Waals surface area contributed by atoms with E-state index in [1.807, 2.05) is 19.1 Å². The topological polar surface area (TPSA) is 103 Å². The molecule has 2 saturated heterocycles. The lowest BCUT2D eigenvalue weighted by Crippen LogP contribution is -2.55. The summed E-state index contributed by atoms with van der Waals surface area (Å²) in [6.45, 7) is 13.6. The first-order chi connectivity index (χ1) is 17.8. The summed E-state index contributed by atoms with van der Waals surface area (Å²) in [6, 6.07) is 6.59. The maximum Gasteiger partial charge on any atom is 0.355 e. The number of hydrogen-bond acceptors (Lipinski definition) is 8. The Hall–Kier alpha value is -3.51. The SMILES string of the molecule is Cc1ccnc(C(C)C)c1-n1c(=O)nc(N2C[C@@H](C)NC[C@@H]2C)c2cc(C#N)c(N3CCCCC3)nc21. The number of hydrogen-bond donors (Lipinski definition) is 1. The van der Waals surface area contributed by atoms with Crippen LogP contribution in [0.25, 0.3) is 16.7 Å². The molecule has 0 amide bonds. The van der Waals surface area contributed by atoms with E-state index in [4.69, 9.17) is 4.98 Å². The van der Waals surface area contributed by atoms with Gasteiger partial charge in [0, 0.05) is 44.5 Å². The molecular weight excluding hydrogens is 464 g/mol. The van der Waals surface area contributed by atoms with Gasteiger partial charge in [0.25, 0.3) is 0 Å². The average Bonchev–Trinajstić information content (AvgIpc) is 2.89. The molecule has 5 rings (SSSR count). The first kappa shape index (κ1) is 25.2. The first-order valence-corrected chi connectivity index (χ1v) is 13.4. The number of aromatic nitrogens is 4. The predicted molar refractivity (Wildman–Crippen MR) is 147 cm³/mol. The summed E-state index contributed by atoms with van der Waals surface area (Å²) < 4.78 is 1.63. The highest BCUT2D eigenvalue weighted by atomic mass is 16.1. The van der Waals surface area contributed by atoms with Crippen molar-refractivity contribution in [3.63, 3.8) is 0 Å². The van der Waals surface area contributed by atoms with Gasteiger partial charge in [-0.15, -0.1) is 0 Å². The minimum atomic E-state index is -0.374. The molecule has 0 bridgehead atoms. The minimum absolute atomic E-state index is 0.102. The van der Waals surface area contributed by atoms with Crippen LogP contribution in [0.5, 0.6) is 0 Å². The molecular formula is C28H36N8O. The van der Waals surface area contributed by atoms with Crippen molar-refractivity contribution in [3.8, 4) is 11.8 Å². The van der Waals surface area contributed by atoms with E-state index >= 15 is 0 Å². The molecule has 2 aliphatic heterocycles. The van der Waals surface area contributed by atoms with Crippen molar-refractivity contribution < 1.29 is 0 Å². The standard InChI is InChI=1S/C28H36N8O/c1-17(2)23-24(18(3)9-10-30-23)36-27-22(13-21(14-29)25(32-27)34-11-7-6-8-12-34)26(33-28(36)37)35-16-19(4)31-15-20(35)5/h9-10,13,17,19-20,31H,6-8,11-12,15-16H2,1-5H3/t19-,20+/m1/s1. The van der Waals surface area contributed by atoms with Gasteiger partial charge in [-0.3, -0.25) is 4.98 Å². The lowest BCUT2D eigenvalue weighted by molar-refractivity contribution is 0.423. The molecule has 5 heterocycles. The summed E-state index contributed by atoms with van der Waals surface area (Å²) in [5.74, 6) is 1.35. The van der Waals surface area contributed by atoms with Crippen LogP contribution in [0.3, 0.4) is 0 Å². The van der Waals surface area contributed by atoms with Crippen LogP contribution in [0.2, 0.25) is 0 Å². The van der Waals surface area contributed by atoms with E-state index < -0.39 is 0 Å². The van der Waals surface area contributed by atoms with E-state index in [0.29, 0.717) is 29.4 Å². The van der Waals surface area contributed by atoms with E-state index in [1.165, 1.54) is 6.42 Å². The van der Waals surface area contributed by atoms with Crippen LogP contribution in [0.4, 0.5) is 11.6 Å². The van der Waals surface area contributed by atoms with Crippen molar-refractivity contribution in [2.24, 2.45) is 0 Å². The smallest absolute Gasteiger partial charge is 0.355 e. The van der Waals surface area contributed by atoms with Gasteiger partial charge in [-0.25, -0.2) is 14.3 Å². The molecule has 2 atom stereocenters. The number of piperazine rings is 1. The fraction of sp³-hybridized carbons (Fsp3) is 0.536. The van der Waals surface area contributed by atoms with Crippen molar-refractivity contribution in [1.82, 2.24) is 24.8 Å². The second kappa shape index (κ2) is 10.1. The molecule has 0 aromatic carbocycles. The van der Waals surface area contributed by atoms with Crippen LogP contribution in [0.1, 0.15) is 69.7 Å². The molecule has 9 heteroatoms. The van der Waals surface area contributed by atoms with Crippen LogP contribution in [0, 0.1) is 18.3 Å². The van der Waals surface area contributed by atoms with E-state index in [-0.39, 0.29) is 23.7 Å². The van der Waals surface area contributed by atoms with Gasteiger partial charge in [-0.05, 0) is 63.6 Å². The number of aryl methyl sites for hydroxylation is 1. The summed E-state index contributed by atoms with van der Waals surface area (Å²) in [6.07, 6.45) is 5.09. The van der Waals surface area contributed by atoms with Crippen molar-refractivity contribution in [1.29, 1.82) is 5.26 Å². The van der Waals surface area contributed by atoms with Gasteiger partial charge in [0.05, 0.1) is 22.3 Å². The molecule has 3 aromatic rings. The predicted octanol–water partition coefficient (Wildman–Crippen LogP) is 3.66. The minimum Gasteiger partial charge on any atom is -0.355 e. The number of anilines is 2. The summed E-state index contributed by atoms with van der Waals surface area (Å²) in [7, 11) is 0. The summed E-state index contributed by atoms with van der Waals surface area (Å²) in [5.41, 5.74) is 3.17. The fourth-order valence-electron chi connectivity index (χ4n) is 5.57. The Morgan fingerprint density at radius 1 is 1.14 bits per heavy atom. The van der Waals surface area contributed by atoms with E-state index in [1.54, 1.807) is 10.8 Å². The van der Waals surface area contributed by atoms with Crippen LogP contribution in [-0.4, -0.2) is 57.8 Å². The zero-order chi connectivity index (χ0) is 26.3. The van der Waals surface area contributed by atoms with E-state index in [2.05, 4.69) is 58.8 Å². The third kappa shape index (κ3) is 4.55. The Bertz CT molecular complexity index is 1420. The second-order valence-electron chi connectivity index (χ2n) is 10.8. The Morgan fingerprint density at radius 3 is 2.59 bits per heavy atom. The van der Waals surface area contributed by atoms with Gasteiger partial charge < -0.3 is 15.1 Å². The van der Waals surface area contributed by atoms with Gasteiger partial charge in [-0.2, -0.15) is 10.2 Å². The molecule has 1 N–H and O–H groups in total. The molecule has 2 aliphatic rings. The van der Waals surface area contributed by atoms with Gasteiger partial charge >= 0.3 is 5.69 Å². The maximum absolute atomic E-state index is 13.9. The number of fused-ring (bicyclic) bond motifs is 1. The highest BCUT2D eigenvalue weighted by Crippen LogP contribution is 2.33. The third-order valence-electron chi connectivity index (χ3n) is 7.57. The molecule has 0 radical (unpaired) electrons. The van der Waals surface area contributed by atoms with E-state index in [9.17, 15) is 10.1 Å². The summed E-state index contributed by atoms with van der Waals surface area (Å²) in [5, 5.41) is 14.4. The van der Waals surface area contributed by atoms with Gasteiger partial charge in [0.1, 0.15) is 17.7 Å². The molecule has 3 aromatic heterocycles. The van der Waals surface area contributed by atoms with Crippen molar-refractivity contribution >= 4 is 22.7 Å². The second-order valence-corrected chi connectivity index (χ2v) is 10.8. The molecule has 194 valence electrons. The molecule has 2 fully saturated rings. The Balaban J connectivity index is 1.86. The molecule has 0 unspecified atom stereocenters. The number of pyridine rings is 2. The Kier molecular flexibility index (Phi) is 6.86. The van der Waals surface area contributed by atoms with Crippen LogP contribution < -0.4 is 20.8 Å². The van der Waals surface area contributed by atoms with Gasteiger partial charge in [-0.1, -0.05) is 13.8 Å². The van der Waals surface area contributed by atoms with E-state index in [0.717, 1.165) is 54.8 Å². The number of nitrogens with one attached hydrogen (secondary N) is 1. The summed E-state index contributed by atoms with van der Waals surface area (Å²) >= 11 is 0. The molecule has 37 heavy (non-hydrogen) atoms. The third-order valence-corrected chi connectivity index (χ3v) is 7.57. The normalized spacial score (nSPS) is 20.5. The molecule has 0 aliphatic carbocycles. The number of piperidine rings is 1. The largest absolute Gasteiger partial charge is 0.355 e. The molecule has 9 nitrogen and oxygen atoms in total. The molecule has 0 saturated carbocycles. The van der Waals surface area contributed by atoms with Gasteiger partial charge in [0.15, 0.2) is 5.65 Å².